The molecule has 2 aromatic rings. The Hall–Kier alpha value is -2.43. The maximum atomic E-state index is 14.4. The number of methoxy groups -OCH3 is 3. The fourth-order valence-corrected chi connectivity index (χ4v) is 3.30. The first kappa shape index (κ1) is 26.8. The molecule has 1 atom stereocenters. The molecular weight excluding hydrogens is 540 g/mol. The Morgan fingerprint density at radius 2 is 1.73 bits per heavy atom. The predicted molar refractivity (Wildman–Crippen MR) is 138 cm³/mol. The van der Waals surface area contributed by atoms with E-state index < -0.39 is 0 Å². The second kappa shape index (κ2) is 12.7. The molecule has 1 saturated carbocycles. The Morgan fingerprint density at radius 3 is 2.24 bits per heavy atom. The summed E-state index contributed by atoms with van der Waals surface area (Å²) in [6, 6.07) is 8.66. The number of aliphatic imine (C=N–C) groups is 1. The molecule has 0 amide bonds. The summed E-state index contributed by atoms with van der Waals surface area (Å²) in [5.41, 5.74) is 1.73. The van der Waals surface area contributed by atoms with Crippen LogP contribution in [-0.2, 0) is 6.54 Å². The van der Waals surface area contributed by atoms with Crippen molar-refractivity contribution in [3.63, 3.8) is 0 Å². The molecule has 1 unspecified atom stereocenters. The van der Waals surface area contributed by atoms with E-state index in [4.69, 9.17) is 18.9 Å². The SMILES string of the molecule is CN=C(NCc1cc(OC)c(OC)c(OC)c1)NC(C)c1ccc(OCC2CC2)c(F)c1.I. The van der Waals surface area contributed by atoms with Crippen molar-refractivity contribution in [1.29, 1.82) is 0 Å². The predicted octanol–water partition coefficient (Wildman–Crippen LogP) is 4.68. The highest BCUT2D eigenvalue weighted by atomic mass is 127. The maximum absolute atomic E-state index is 14.4. The van der Waals surface area contributed by atoms with Gasteiger partial charge in [0.2, 0.25) is 5.75 Å². The van der Waals surface area contributed by atoms with E-state index in [1.807, 2.05) is 25.1 Å². The Bertz CT molecular complexity index is 928. The lowest BCUT2D eigenvalue weighted by atomic mass is 10.1. The van der Waals surface area contributed by atoms with E-state index in [2.05, 4.69) is 15.6 Å². The molecule has 7 nitrogen and oxygen atoms in total. The molecule has 1 aliphatic carbocycles. The van der Waals surface area contributed by atoms with Gasteiger partial charge in [0.1, 0.15) is 0 Å². The third kappa shape index (κ3) is 7.28. The van der Waals surface area contributed by atoms with Gasteiger partial charge in [-0.15, -0.1) is 24.0 Å². The molecule has 2 aromatic carbocycles. The van der Waals surface area contributed by atoms with E-state index in [-0.39, 0.29) is 35.8 Å². The van der Waals surface area contributed by atoms with Crippen LogP contribution in [0.3, 0.4) is 0 Å². The molecular formula is C24H33FIN3O4. The minimum Gasteiger partial charge on any atom is -0.493 e. The van der Waals surface area contributed by atoms with Crippen LogP contribution in [0.1, 0.15) is 36.9 Å². The van der Waals surface area contributed by atoms with Gasteiger partial charge in [0.25, 0.3) is 0 Å². The highest BCUT2D eigenvalue weighted by Gasteiger charge is 2.22. The Kier molecular flexibility index (Phi) is 10.3. The standard InChI is InChI=1S/C24H32FN3O4.HI/c1-15(18-8-9-20(19(25)12-18)32-14-16-6-7-16)28-24(26-2)27-13-17-10-21(29-3)23(31-5)22(11-17)30-4;/h8-12,15-16H,6-7,13-14H2,1-5H3,(H2,26,27,28);1H. The van der Waals surface area contributed by atoms with Gasteiger partial charge in [0.05, 0.1) is 34.0 Å². The molecule has 0 aromatic heterocycles. The van der Waals surface area contributed by atoms with E-state index in [1.54, 1.807) is 34.4 Å². The topological polar surface area (TPSA) is 73.3 Å². The number of benzene rings is 2. The van der Waals surface area contributed by atoms with Crippen molar-refractivity contribution in [2.45, 2.75) is 32.4 Å². The van der Waals surface area contributed by atoms with Gasteiger partial charge in [-0.2, -0.15) is 0 Å². The summed E-state index contributed by atoms with van der Waals surface area (Å²) in [5, 5.41) is 6.54. The van der Waals surface area contributed by atoms with Crippen molar-refractivity contribution in [2.24, 2.45) is 10.9 Å². The van der Waals surface area contributed by atoms with Crippen molar-refractivity contribution >= 4 is 29.9 Å². The zero-order valence-electron chi connectivity index (χ0n) is 19.7. The number of halogens is 2. The second-order valence-corrected chi connectivity index (χ2v) is 7.77. The van der Waals surface area contributed by atoms with Crippen LogP contribution in [0.4, 0.5) is 4.39 Å². The van der Waals surface area contributed by atoms with E-state index in [0.717, 1.165) is 11.1 Å². The van der Waals surface area contributed by atoms with Gasteiger partial charge in [0, 0.05) is 13.6 Å². The van der Waals surface area contributed by atoms with Crippen LogP contribution in [0.5, 0.6) is 23.0 Å². The largest absolute Gasteiger partial charge is 0.493 e. The molecule has 3 rings (SSSR count). The first-order chi connectivity index (χ1) is 15.5. The third-order valence-corrected chi connectivity index (χ3v) is 5.39. The number of guanidine groups is 1. The first-order valence-corrected chi connectivity index (χ1v) is 10.7. The fraction of sp³-hybridized carbons (Fsp3) is 0.458. The number of hydrogen-bond acceptors (Lipinski definition) is 5. The van der Waals surface area contributed by atoms with Crippen LogP contribution in [-0.4, -0.2) is 40.9 Å². The minimum absolute atomic E-state index is 0. The number of rotatable bonds is 10. The molecule has 1 fully saturated rings. The maximum Gasteiger partial charge on any atom is 0.203 e. The minimum atomic E-state index is -0.350. The molecule has 2 N–H and O–H groups in total. The molecule has 0 spiro atoms. The zero-order chi connectivity index (χ0) is 23.1. The zero-order valence-corrected chi connectivity index (χ0v) is 22.1. The van der Waals surface area contributed by atoms with Gasteiger partial charge >= 0.3 is 0 Å². The number of ether oxygens (including phenoxy) is 4. The quantitative estimate of drug-likeness (QED) is 0.244. The average Bonchev–Trinajstić information content (AvgIpc) is 3.64. The summed E-state index contributed by atoms with van der Waals surface area (Å²) in [4.78, 5) is 4.27. The lowest BCUT2D eigenvalue weighted by molar-refractivity contribution is 0.285. The van der Waals surface area contributed by atoms with Crippen LogP contribution in [0.2, 0.25) is 0 Å². The Balaban J connectivity index is 0.00000385. The van der Waals surface area contributed by atoms with E-state index in [9.17, 15) is 4.39 Å². The highest BCUT2D eigenvalue weighted by molar-refractivity contribution is 14.0. The lowest BCUT2D eigenvalue weighted by Gasteiger charge is -2.20. The van der Waals surface area contributed by atoms with Crippen LogP contribution in [0.15, 0.2) is 35.3 Å². The Labute approximate surface area is 212 Å². The van der Waals surface area contributed by atoms with Gasteiger partial charge < -0.3 is 29.6 Å². The molecule has 0 saturated heterocycles. The van der Waals surface area contributed by atoms with Gasteiger partial charge in [0.15, 0.2) is 29.0 Å². The molecule has 0 aliphatic heterocycles. The summed E-state index contributed by atoms with van der Waals surface area (Å²) < 4.78 is 36.2. The highest BCUT2D eigenvalue weighted by Crippen LogP contribution is 2.38. The van der Waals surface area contributed by atoms with E-state index >= 15 is 0 Å². The van der Waals surface area contributed by atoms with Gasteiger partial charge in [-0.1, -0.05) is 6.07 Å². The van der Waals surface area contributed by atoms with Crippen LogP contribution in [0, 0.1) is 11.7 Å². The Morgan fingerprint density at radius 1 is 1.06 bits per heavy atom. The van der Waals surface area contributed by atoms with Crippen molar-refractivity contribution < 1.29 is 23.3 Å². The molecule has 182 valence electrons. The van der Waals surface area contributed by atoms with Crippen LogP contribution >= 0.6 is 24.0 Å². The molecule has 9 heteroatoms. The van der Waals surface area contributed by atoms with Crippen LogP contribution in [0.25, 0.3) is 0 Å². The summed E-state index contributed by atoms with van der Waals surface area (Å²) in [6.45, 7) is 3.01. The molecule has 0 radical (unpaired) electrons. The van der Waals surface area contributed by atoms with Gasteiger partial charge in [-0.3, -0.25) is 4.99 Å². The summed E-state index contributed by atoms with van der Waals surface area (Å²) in [7, 11) is 6.42. The number of nitrogens with one attached hydrogen (secondary N) is 2. The normalized spacial score (nSPS) is 14.1. The number of hydrogen-bond donors (Lipinski definition) is 2. The fourth-order valence-electron chi connectivity index (χ4n) is 3.30. The lowest BCUT2D eigenvalue weighted by Crippen LogP contribution is -2.38. The van der Waals surface area contributed by atoms with Crippen molar-refractivity contribution in [3.8, 4) is 23.0 Å². The average molecular weight is 573 g/mol. The van der Waals surface area contributed by atoms with Crippen molar-refractivity contribution in [2.75, 3.05) is 35.0 Å². The van der Waals surface area contributed by atoms with Gasteiger partial charge in [-0.05, 0) is 61.1 Å². The monoisotopic (exact) mass is 573 g/mol. The van der Waals surface area contributed by atoms with E-state index in [0.29, 0.717) is 48.0 Å². The van der Waals surface area contributed by atoms with E-state index in [1.165, 1.54) is 18.9 Å². The number of nitrogens with zero attached hydrogens (tertiary/aromatic N) is 1. The first-order valence-electron chi connectivity index (χ1n) is 10.7. The smallest absolute Gasteiger partial charge is 0.203 e. The third-order valence-electron chi connectivity index (χ3n) is 5.39. The molecule has 33 heavy (non-hydrogen) atoms. The molecule has 1 aliphatic rings. The summed E-state index contributed by atoms with van der Waals surface area (Å²) in [6.07, 6.45) is 2.34. The summed E-state index contributed by atoms with van der Waals surface area (Å²) in [5.74, 6) is 2.82. The molecule has 0 bridgehead atoms. The molecule has 0 heterocycles. The van der Waals surface area contributed by atoms with Gasteiger partial charge in [-0.25, -0.2) is 4.39 Å². The van der Waals surface area contributed by atoms with Crippen molar-refractivity contribution in [3.05, 3.63) is 47.3 Å². The second-order valence-electron chi connectivity index (χ2n) is 7.77. The van der Waals surface area contributed by atoms with Crippen LogP contribution < -0.4 is 29.6 Å². The summed E-state index contributed by atoms with van der Waals surface area (Å²) >= 11 is 0. The van der Waals surface area contributed by atoms with Crippen molar-refractivity contribution in [1.82, 2.24) is 10.6 Å².